The van der Waals surface area contributed by atoms with E-state index >= 15 is 0 Å². The molecule has 0 bridgehead atoms. The molecule has 0 aliphatic carbocycles. The lowest BCUT2D eigenvalue weighted by atomic mass is 10.1. The van der Waals surface area contributed by atoms with E-state index in [4.69, 9.17) is 13.9 Å². The molecule has 26 heavy (non-hydrogen) atoms. The molecule has 0 unspecified atom stereocenters. The average molecular weight is 354 g/mol. The molecule has 0 fully saturated rings. The van der Waals surface area contributed by atoms with Gasteiger partial charge in [-0.25, -0.2) is 0 Å². The van der Waals surface area contributed by atoms with Crippen LogP contribution >= 0.6 is 0 Å². The summed E-state index contributed by atoms with van der Waals surface area (Å²) in [5, 5.41) is 10.7. The Morgan fingerprint density at radius 3 is 2.38 bits per heavy atom. The topological polar surface area (TPSA) is 68.9 Å². The smallest absolute Gasteiger partial charge is 0.204 e. The van der Waals surface area contributed by atoms with Gasteiger partial charge in [-0.05, 0) is 12.8 Å². The quantitative estimate of drug-likeness (QED) is 0.663. The minimum atomic E-state index is -0.328. The maximum absolute atomic E-state index is 12.6. The summed E-state index contributed by atoms with van der Waals surface area (Å²) in [7, 11) is 0. The molecule has 0 aliphatic heterocycles. The van der Waals surface area contributed by atoms with Gasteiger partial charge in [-0.15, -0.1) is 0 Å². The molecule has 0 spiro atoms. The first kappa shape index (κ1) is 17.9. The third-order valence-corrected chi connectivity index (χ3v) is 3.88. The number of phenolic OH excluding ortho intramolecular Hbond substituents is 1. The molecule has 2 aromatic carbocycles. The Morgan fingerprint density at radius 1 is 1.00 bits per heavy atom. The minimum Gasteiger partial charge on any atom is -0.504 e. The molecule has 3 rings (SSSR count). The van der Waals surface area contributed by atoms with Crippen LogP contribution in [0.1, 0.15) is 26.7 Å². The fourth-order valence-corrected chi connectivity index (χ4v) is 2.67. The van der Waals surface area contributed by atoms with Crippen molar-refractivity contribution in [1.29, 1.82) is 0 Å². The SMILES string of the molecule is CCCOc1cc2oc(-c3ccccc3)cc(=O)c2c(O)c1OCCC. The normalized spacial score (nSPS) is 10.8. The highest BCUT2D eigenvalue weighted by molar-refractivity contribution is 5.89. The average Bonchev–Trinajstić information content (AvgIpc) is 2.66. The molecule has 136 valence electrons. The molecule has 3 aromatic rings. The van der Waals surface area contributed by atoms with Crippen molar-refractivity contribution in [2.24, 2.45) is 0 Å². The van der Waals surface area contributed by atoms with Crippen LogP contribution in [-0.4, -0.2) is 18.3 Å². The van der Waals surface area contributed by atoms with Crippen molar-refractivity contribution >= 4 is 11.0 Å². The molecule has 1 heterocycles. The van der Waals surface area contributed by atoms with E-state index in [-0.39, 0.29) is 27.9 Å². The van der Waals surface area contributed by atoms with Crippen LogP contribution in [0.5, 0.6) is 17.2 Å². The highest BCUT2D eigenvalue weighted by Gasteiger charge is 2.20. The fraction of sp³-hybridized carbons (Fsp3) is 0.286. The van der Waals surface area contributed by atoms with Crippen molar-refractivity contribution in [2.45, 2.75) is 26.7 Å². The molecule has 0 atom stereocenters. The fourth-order valence-electron chi connectivity index (χ4n) is 2.67. The predicted molar refractivity (Wildman–Crippen MR) is 101 cm³/mol. The van der Waals surface area contributed by atoms with E-state index in [2.05, 4.69) is 0 Å². The lowest BCUT2D eigenvalue weighted by Gasteiger charge is -2.15. The summed E-state index contributed by atoms with van der Waals surface area (Å²) in [6, 6.07) is 12.3. The molecule has 5 nitrogen and oxygen atoms in total. The van der Waals surface area contributed by atoms with Crippen LogP contribution in [0.2, 0.25) is 0 Å². The number of ether oxygens (including phenoxy) is 2. The Kier molecular flexibility index (Phi) is 5.46. The second-order valence-electron chi connectivity index (χ2n) is 5.96. The number of benzene rings is 2. The van der Waals surface area contributed by atoms with E-state index < -0.39 is 0 Å². The summed E-state index contributed by atoms with van der Waals surface area (Å²) in [4.78, 5) is 12.6. The molecular weight excluding hydrogens is 332 g/mol. The van der Waals surface area contributed by atoms with Gasteiger partial charge in [0.1, 0.15) is 16.7 Å². The number of hydrogen-bond donors (Lipinski definition) is 1. The summed E-state index contributed by atoms with van der Waals surface area (Å²) in [5.74, 6) is 0.757. The summed E-state index contributed by atoms with van der Waals surface area (Å²) in [6.07, 6.45) is 1.58. The molecule has 5 heteroatoms. The number of hydrogen-bond acceptors (Lipinski definition) is 5. The van der Waals surface area contributed by atoms with E-state index in [0.717, 1.165) is 18.4 Å². The van der Waals surface area contributed by atoms with Crippen LogP contribution < -0.4 is 14.9 Å². The molecule has 1 aromatic heterocycles. The van der Waals surface area contributed by atoms with E-state index in [0.29, 0.717) is 24.7 Å². The zero-order valence-electron chi connectivity index (χ0n) is 15.0. The molecule has 0 radical (unpaired) electrons. The first-order valence-corrected chi connectivity index (χ1v) is 8.80. The van der Waals surface area contributed by atoms with Crippen LogP contribution in [0.3, 0.4) is 0 Å². The van der Waals surface area contributed by atoms with Gasteiger partial charge in [0.15, 0.2) is 16.9 Å². The second-order valence-corrected chi connectivity index (χ2v) is 5.96. The number of phenols is 1. The minimum absolute atomic E-state index is 0.0969. The number of aromatic hydroxyl groups is 1. The number of rotatable bonds is 7. The Labute approximate surface area is 151 Å². The van der Waals surface area contributed by atoms with E-state index in [1.54, 1.807) is 6.07 Å². The first-order chi connectivity index (χ1) is 12.7. The maximum Gasteiger partial charge on any atom is 0.204 e. The van der Waals surface area contributed by atoms with Crippen molar-refractivity contribution in [3.8, 4) is 28.6 Å². The van der Waals surface area contributed by atoms with Crippen LogP contribution in [0.25, 0.3) is 22.3 Å². The van der Waals surface area contributed by atoms with Gasteiger partial charge in [0.25, 0.3) is 0 Å². The van der Waals surface area contributed by atoms with E-state index in [9.17, 15) is 9.90 Å². The van der Waals surface area contributed by atoms with E-state index in [1.165, 1.54) is 6.07 Å². The standard InChI is InChI=1S/C21H22O5/c1-3-10-24-18-13-17-19(20(23)21(18)25-11-4-2)15(22)12-16(26-17)14-8-6-5-7-9-14/h5-9,12-13,23H,3-4,10-11H2,1-2H3. The molecule has 0 amide bonds. The summed E-state index contributed by atoms with van der Waals surface area (Å²) >= 11 is 0. The zero-order chi connectivity index (χ0) is 18.5. The van der Waals surface area contributed by atoms with Crippen molar-refractivity contribution in [1.82, 2.24) is 0 Å². The zero-order valence-corrected chi connectivity index (χ0v) is 15.0. The summed E-state index contributed by atoms with van der Waals surface area (Å²) < 4.78 is 17.2. The lowest BCUT2D eigenvalue weighted by Crippen LogP contribution is -2.06. The van der Waals surface area contributed by atoms with Gasteiger partial charge in [-0.1, -0.05) is 44.2 Å². The van der Waals surface area contributed by atoms with Crippen LogP contribution in [0.4, 0.5) is 0 Å². The third kappa shape index (κ3) is 3.52. The monoisotopic (exact) mass is 354 g/mol. The Hall–Kier alpha value is -2.95. The second kappa shape index (κ2) is 7.95. The van der Waals surface area contributed by atoms with Gasteiger partial charge in [0.2, 0.25) is 5.75 Å². The van der Waals surface area contributed by atoms with Gasteiger partial charge < -0.3 is 19.0 Å². The first-order valence-electron chi connectivity index (χ1n) is 8.80. The maximum atomic E-state index is 12.6. The van der Waals surface area contributed by atoms with Crippen molar-refractivity contribution < 1.29 is 19.0 Å². The van der Waals surface area contributed by atoms with Crippen LogP contribution in [-0.2, 0) is 0 Å². The van der Waals surface area contributed by atoms with Crippen molar-refractivity contribution in [2.75, 3.05) is 13.2 Å². The molecule has 0 saturated carbocycles. The Balaban J connectivity index is 2.19. The molecule has 1 N–H and O–H groups in total. The third-order valence-electron chi connectivity index (χ3n) is 3.88. The van der Waals surface area contributed by atoms with Crippen LogP contribution in [0.15, 0.2) is 51.7 Å². The highest BCUT2D eigenvalue weighted by Crippen LogP contribution is 2.42. The molecular formula is C21H22O5. The highest BCUT2D eigenvalue weighted by atomic mass is 16.5. The Morgan fingerprint density at radius 2 is 1.69 bits per heavy atom. The Bertz CT molecular complexity index is 944. The van der Waals surface area contributed by atoms with Crippen molar-refractivity contribution in [3.05, 3.63) is 52.7 Å². The predicted octanol–water partition coefficient (Wildman–Crippen LogP) is 4.74. The lowest BCUT2D eigenvalue weighted by molar-refractivity contribution is 0.258. The van der Waals surface area contributed by atoms with Gasteiger partial charge in [-0.3, -0.25) is 4.79 Å². The van der Waals surface area contributed by atoms with Gasteiger partial charge >= 0.3 is 0 Å². The van der Waals surface area contributed by atoms with Crippen molar-refractivity contribution in [3.63, 3.8) is 0 Å². The van der Waals surface area contributed by atoms with E-state index in [1.807, 2.05) is 44.2 Å². The molecule has 0 saturated heterocycles. The summed E-state index contributed by atoms with van der Waals surface area (Å²) in [5.41, 5.74) is 0.725. The largest absolute Gasteiger partial charge is 0.504 e. The van der Waals surface area contributed by atoms with Gasteiger partial charge in [0.05, 0.1) is 13.2 Å². The number of fused-ring (bicyclic) bond motifs is 1. The summed E-state index contributed by atoms with van der Waals surface area (Å²) in [6.45, 7) is 4.83. The van der Waals surface area contributed by atoms with Crippen LogP contribution in [0, 0.1) is 0 Å². The van der Waals surface area contributed by atoms with Gasteiger partial charge in [0, 0.05) is 17.7 Å². The molecule has 0 aliphatic rings. The van der Waals surface area contributed by atoms with Gasteiger partial charge in [-0.2, -0.15) is 0 Å².